The van der Waals surface area contributed by atoms with E-state index >= 15 is 0 Å². The molecule has 98 valence electrons. The van der Waals surface area contributed by atoms with Crippen molar-refractivity contribution >= 4 is 17.3 Å². The van der Waals surface area contributed by atoms with Crippen molar-refractivity contribution in [3.8, 4) is 0 Å². The molecule has 1 aromatic heterocycles. The number of aromatic nitrogens is 1. The first kappa shape index (κ1) is 12.7. The van der Waals surface area contributed by atoms with Crippen molar-refractivity contribution in [2.75, 3.05) is 36.4 Å². The Bertz CT molecular complexity index is 408. The highest BCUT2D eigenvalue weighted by Gasteiger charge is 2.14. The third kappa shape index (κ3) is 3.35. The average molecular weight is 248 g/mol. The van der Waals surface area contributed by atoms with E-state index in [0.29, 0.717) is 13.0 Å². The molecule has 0 radical (unpaired) electrons. The molecule has 2 heterocycles. The van der Waals surface area contributed by atoms with Gasteiger partial charge in [-0.1, -0.05) is 6.92 Å². The fraction of sp³-hybridized carbons (Fsp3) is 0.538. The summed E-state index contributed by atoms with van der Waals surface area (Å²) in [7, 11) is 0. The molecule has 18 heavy (non-hydrogen) atoms. The van der Waals surface area contributed by atoms with Gasteiger partial charge in [0.1, 0.15) is 0 Å². The van der Waals surface area contributed by atoms with E-state index in [1.807, 2.05) is 12.4 Å². The van der Waals surface area contributed by atoms with Gasteiger partial charge in [0.2, 0.25) is 5.91 Å². The molecule has 5 nitrogen and oxygen atoms in total. The summed E-state index contributed by atoms with van der Waals surface area (Å²) in [6.45, 7) is 5.38. The quantitative estimate of drug-likeness (QED) is 0.841. The summed E-state index contributed by atoms with van der Waals surface area (Å²) >= 11 is 0. The maximum absolute atomic E-state index is 11.3. The normalized spacial score (nSPS) is 16.1. The van der Waals surface area contributed by atoms with Crippen molar-refractivity contribution in [1.29, 1.82) is 0 Å². The topological polar surface area (TPSA) is 57.3 Å². The molecular formula is C13H20N4O. The van der Waals surface area contributed by atoms with Crippen LogP contribution in [0, 0.1) is 0 Å². The van der Waals surface area contributed by atoms with Crippen LogP contribution in [0.5, 0.6) is 0 Å². The third-order valence-corrected chi connectivity index (χ3v) is 2.98. The Morgan fingerprint density at radius 3 is 3.17 bits per heavy atom. The van der Waals surface area contributed by atoms with E-state index in [4.69, 9.17) is 0 Å². The predicted molar refractivity (Wildman–Crippen MR) is 72.9 cm³/mol. The summed E-state index contributed by atoms with van der Waals surface area (Å²) in [6, 6.07) is 2.10. The lowest BCUT2D eigenvalue weighted by Crippen LogP contribution is -2.28. The summed E-state index contributed by atoms with van der Waals surface area (Å²) in [5, 5.41) is 6.20. The Morgan fingerprint density at radius 1 is 1.44 bits per heavy atom. The summed E-state index contributed by atoms with van der Waals surface area (Å²) in [4.78, 5) is 17.8. The maximum atomic E-state index is 11.3. The van der Waals surface area contributed by atoms with Gasteiger partial charge < -0.3 is 15.5 Å². The summed E-state index contributed by atoms with van der Waals surface area (Å²) < 4.78 is 0. The monoisotopic (exact) mass is 248 g/mol. The minimum absolute atomic E-state index is 0.130. The van der Waals surface area contributed by atoms with E-state index in [1.54, 1.807) is 0 Å². The van der Waals surface area contributed by atoms with Gasteiger partial charge in [-0.2, -0.15) is 0 Å². The molecule has 5 heteroatoms. The largest absolute Gasteiger partial charge is 0.384 e. The first-order valence-electron chi connectivity index (χ1n) is 6.50. The zero-order valence-electron chi connectivity index (χ0n) is 10.8. The fourth-order valence-electron chi connectivity index (χ4n) is 1.99. The fourth-order valence-corrected chi connectivity index (χ4v) is 1.99. The van der Waals surface area contributed by atoms with Crippen LogP contribution in [0.1, 0.15) is 19.8 Å². The van der Waals surface area contributed by atoms with Gasteiger partial charge in [-0.3, -0.25) is 9.78 Å². The number of hydrogen-bond acceptors (Lipinski definition) is 4. The first-order chi connectivity index (χ1) is 8.79. The van der Waals surface area contributed by atoms with Crippen molar-refractivity contribution in [3.63, 3.8) is 0 Å². The van der Waals surface area contributed by atoms with Gasteiger partial charge in [-0.15, -0.1) is 0 Å². The van der Waals surface area contributed by atoms with Crippen molar-refractivity contribution in [3.05, 3.63) is 18.5 Å². The lowest BCUT2D eigenvalue weighted by Gasteiger charge is -2.22. The van der Waals surface area contributed by atoms with Crippen LogP contribution in [0.15, 0.2) is 18.5 Å². The van der Waals surface area contributed by atoms with Gasteiger partial charge in [0.05, 0.1) is 23.8 Å². The molecule has 0 bridgehead atoms. The van der Waals surface area contributed by atoms with Crippen LogP contribution in [-0.4, -0.2) is 37.1 Å². The Labute approximate surface area is 108 Å². The van der Waals surface area contributed by atoms with Gasteiger partial charge in [-0.05, 0) is 12.5 Å². The predicted octanol–water partition coefficient (Wildman–Crippen LogP) is 1.23. The van der Waals surface area contributed by atoms with Crippen LogP contribution in [0.25, 0.3) is 0 Å². The molecule has 1 saturated heterocycles. The molecule has 0 spiro atoms. The Kier molecular flexibility index (Phi) is 4.39. The number of amides is 1. The van der Waals surface area contributed by atoms with Gasteiger partial charge in [-0.25, -0.2) is 0 Å². The lowest BCUT2D eigenvalue weighted by molar-refractivity contribution is -0.120. The molecule has 1 aliphatic heterocycles. The zero-order valence-corrected chi connectivity index (χ0v) is 10.8. The van der Waals surface area contributed by atoms with Crippen molar-refractivity contribution < 1.29 is 4.79 Å². The third-order valence-electron chi connectivity index (χ3n) is 2.98. The van der Waals surface area contributed by atoms with E-state index in [0.717, 1.165) is 37.4 Å². The van der Waals surface area contributed by atoms with Crippen molar-refractivity contribution in [1.82, 2.24) is 10.3 Å². The smallest absolute Gasteiger partial charge is 0.221 e. The van der Waals surface area contributed by atoms with Crippen molar-refractivity contribution in [2.24, 2.45) is 0 Å². The molecule has 2 N–H and O–H groups in total. The molecule has 1 amide bonds. The van der Waals surface area contributed by atoms with Crippen LogP contribution < -0.4 is 15.5 Å². The molecule has 0 aliphatic carbocycles. The SMILES string of the molecule is CCCNc1cncc(N2CCNC(=O)CC2)c1. The second-order valence-electron chi connectivity index (χ2n) is 4.45. The second-order valence-corrected chi connectivity index (χ2v) is 4.45. The molecule has 0 unspecified atom stereocenters. The molecule has 1 fully saturated rings. The highest BCUT2D eigenvalue weighted by Crippen LogP contribution is 2.18. The molecule has 0 saturated carbocycles. The number of anilines is 2. The Balaban J connectivity index is 2.04. The number of rotatable bonds is 4. The van der Waals surface area contributed by atoms with Gasteiger partial charge >= 0.3 is 0 Å². The Hall–Kier alpha value is -1.78. The van der Waals surface area contributed by atoms with Gasteiger partial charge in [0, 0.05) is 32.6 Å². The first-order valence-corrected chi connectivity index (χ1v) is 6.50. The number of carbonyl (C=O) groups excluding carboxylic acids is 1. The molecular weight excluding hydrogens is 228 g/mol. The van der Waals surface area contributed by atoms with Crippen LogP contribution >= 0.6 is 0 Å². The van der Waals surface area contributed by atoms with Crippen LogP contribution in [-0.2, 0) is 4.79 Å². The lowest BCUT2D eigenvalue weighted by atomic mass is 10.3. The number of hydrogen-bond donors (Lipinski definition) is 2. The maximum Gasteiger partial charge on any atom is 0.221 e. The zero-order chi connectivity index (χ0) is 12.8. The van der Waals surface area contributed by atoms with E-state index in [1.165, 1.54) is 0 Å². The molecule has 0 aromatic carbocycles. The summed E-state index contributed by atoms with van der Waals surface area (Å²) in [6.07, 6.45) is 5.33. The highest BCUT2D eigenvalue weighted by molar-refractivity contribution is 5.77. The summed E-state index contributed by atoms with van der Waals surface area (Å²) in [5.41, 5.74) is 2.12. The minimum Gasteiger partial charge on any atom is -0.384 e. The van der Waals surface area contributed by atoms with Crippen molar-refractivity contribution in [2.45, 2.75) is 19.8 Å². The number of nitrogens with one attached hydrogen (secondary N) is 2. The summed E-state index contributed by atoms with van der Waals surface area (Å²) in [5.74, 6) is 0.130. The van der Waals surface area contributed by atoms with Crippen LogP contribution in [0.4, 0.5) is 11.4 Å². The number of carbonyl (C=O) groups is 1. The van der Waals surface area contributed by atoms with E-state index < -0.39 is 0 Å². The molecule has 2 rings (SSSR count). The van der Waals surface area contributed by atoms with E-state index in [-0.39, 0.29) is 5.91 Å². The van der Waals surface area contributed by atoms with Crippen LogP contribution in [0.2, 0.25) is 0 Å². The minimum atomic E-state index is 0.130. The van der Waals surface area contributed by atoms with E-state index in [9.17, 15) is 4.79 Å². The number of pyridine rings is 1. The van der Waals surface area contributed by atoms with E-state index in [2.05, 4.69) is 33.5 Å². The Morgan fingerprint density at radius 2 is 2.33 bits per heavy atom. The number of nitrogens with zero attached hydrogens (tertiary/aromatic N) is 2. The second kappa shape index (κ2) is 6.23. The average Bonchev–Trinajstić information content (AvgIpc) is 2.61. The molecule has 0 atom stereocenters. The van der Waals surface area contributed by atoms with Crippen LogP contribution in [0.3, 0.4) is 0 Å². The molecule has 1 aromatic rings. The standard InChI is InChI=1S/C13H20N4O/c1-2-4-15-11-8-12(10-14-9-11)17-6-3-13(18)16-5-7-17/h8-10,15H,2-7H2,1H3,(H,16,18). The van der Waals surface area contributed by atoms with Gasteiger partial charge in [0.25, 0.3) is 0 Å². The highest BCUT2D eigenvalue weighted by atomic mass is 16.1. The van der Waals surface area contributed by atoms with Gasteiger partial charge in [0.15, 0.2) is 0 Å². The molecule has 1 aliphatic rings.